The van der Waals surface area contributed by atoms with Crippen molar-refractivity contribution in [2.45, 2.75) is 79.1 Å². The van der Waals surface area contributed by atoms with Crippen LogP contribution in [0.3, 0.4) is 0 Å². The number of hydrogen-bond acceptors (Lipinski definition) is 0. The minimum atomic E-state index is 0.503. The van der Waals surface area contributed by atoms with Gasteiger partial charge in [-0.15, -0.1) is 0 Å². The van der Waals surface area contributed by atoms with Crippen LogP contribution in [0.1, 0.15) is 124 Å². The fourth-order valence-corrected chi connectivity index (χ4v) is 5.02. The first-order valence-corrected chi connectivity index (χ1v) is 15.0. The molecule has 0 saturated heterocycles. The van der Waals surface area contributed by atoms with Crippen LogP contribution in [0.15, 0.2) is 97.1 Å². The Balaban J connectivity index is 1.92. The standard InChI is InChI=1S/C40H46/c1-27(2)33-13-9-31(10-14-33)25-39(37-21-17-35(18-22-37)29(5)6)40(38-23-19-36(20-24-38)30(7)8)26-32-11-15-34(16-12-32)28(3)4/h9-30H,1-8H3/b39-25+,40-26+. The van der Waals surface area contributed by atoms with E-state index in [2.05, 4.69) is 165 Å². The molecular formula is C40H46. The lowest BCUT2D eigenvalue weighted by Gasteiger charge is -2.17. The van der Waals surface area contributed by atoms with Gasteiger partial charge in [0.15, 0.2) is 0 Å². The first-order valence-electron chi connectivity index (χ1n) is 15.0. The van der Waals surface area contributed by atoms with Gasteiger partial charge in [-0.05, 0) is 91.5 Å². The lowest BCUT2D eigenvalue weighted by molar-refractivity contribution is 0.866. The number of benzene rings is 4. The summed E-state index contributed by atoms with van der Waals surface area (Å²) in [4.78, 5) is 0. The summed E-state index contributed by atoms with van der Waals surface area (Å²) in [5.41, 5.74) is 12.8. The van der Waals surface area contributed by atoms with E-state index >= 15 is 0 Å². The van der Waals surface area contributed by atoms with E-state index in [9.17, 15) is 0 Å². The largest absolute Gasteiger partial charge is 0.0587 e. The van der Waals surface area contributed by atoms with Crippen LogP contribution >= 0.6 is 0 Å². The van der Waals surface area contributed by atoms with Crippen LogP contribution in [0.5, 0.6) is 0 Å². The molecule has 0 aromatic heterocycles. The number of rotatable bonds is 9. The molecule has 0 aliphatic heterocycles. The molecule has 0 aliphatic carbocycles. The van der Waals surface area contributed by atoms with E-state index in [0.717, 1.165) is 0 Å². The fourth-order valence-electron chi connectivity index (χ4n) is 5.02. The van der Waals surface area contributed by atoms with Gasteiger partial charge in [-0.3, -0.25) is 0 Å². The summed E-state index contributed by atoms with van der Waals surface area (Å²) in [6.07, 6.45) is 4.72. The highest BCUT2D eigenvalue weighted by Gasteiger charge is 2.14. The molecule has 0 unspecified atom stereocenters. The third-order valence-electron chi connectivity index (χ3n) is 7.90. The predicted molar refractivity (Wildman–Crippen MR) is 178 cm³/mol. The highest BCUT2D eigenvalue weighted by molar-refractivity contribution is 6.15. The molecule has 0 nitrogen and oxygen atoms in total. The highest BCUT2D eigenvalue weighted by atomic mass is 14.2. The Kier molecular flexibility index (Phi) is 9.64. The monoisotopic (exact) mass is 526 g/mol. The molecular weight excluding hydrogens is 480 g/mol. The van der Waals surface area contributed by atoms with Crippen molar-refractivity contribution in [1.82, 2.24) is 0 Å². The average molecular weight is 527 g/mol. The van der Waals surface area contributed by atoms with Gasteiger partial charge in [0.05, 0.1) is 0 Å². The summed E-state index contributed by atoms with van der Waals surface area (Å²) in [5.74, 6) is 2.04. The van der Waals surface area contributed by atoms with Crippen LogP contribution in [-0.4, -0.2) is 0 Å². The van der Waals surface area contributed by atoms with Gasteiger partial charge in [-0.2, -0.15) is 0 Å². The molecule has 40 heavy (non-hydrogen) atoms. The maximum atomic E-state index is 2.36. The van der Waals surface area contributed by atoms with Crippen molar-refractivity contribution in [3.05, 3.63) is 142 Å². The van der Waals surface area contributed by atoms with E-state index in [-0.39, 0.29) is 0 Å². The maximum Gasteiger partial charge on any atom is -0.00992 e. The maximum absolute atomic E-state index is 2.36. The average Bonchev–Trinajstić information content (AvgIpc) is 2.95. The van der Waals surface area contributed by atoms with Crippen molar-refractivity contribution in [1.29, 1.82) is 0 Å². The summed E-state index contributed by atoms with van der Waals surface area (Å²) in [5, 5.41) is 0. The molecule has 4 rings (SSSR count). The summed E-state index contributed by atoms with van der Waals surface area (Å²) >= 11 is 0. The van der Waals surface area contributed by atoms with E-state index in [1.54, 1.807) is 0 Å². The number of allylic oxidation sites excluding steroid dienone is 2. The minimum absolute atomic E-state index is 0.503. The van der Waals surface area contributed by atoms with Crippen LogP contribution in [0, 0.1) is 0 Å². The van der Waals surface area contributed by atoms with Crippen LogP contribution in [0.2, 0.25) is 0 Å². The van der Waals surface area contributed by atoms with E-state index < -0.39 is 0 Å². The second-order valence-corrected chi connectivity index (χ2v) is 12.3. The van der Waals surface area contributed by atoms with Gasteiger partial charge in [-0.25, -0.2) is 0 Å². The first-order chi connectivity index (χ1) is 19.1. The van der Waals surface area contributed by atoms with Crippen LogP contribution in [-0.2, 0) is 0 Å². The van der Waals surface area contributed by atoms with Crippen LogP contribution in [0.25, 0.3) is 23.3 Å². The second kappa shape index (κ2) is 13.1. The smallest absolute Gasteiger partial charge is 0.00992 e. The van der Waals surface area contributed by atoms with E-state index in [4.69, 9.17) is 0 Å². The molecule has 0 radical (unpaired) electrons. The minimum Gasteiger partial charge on any atom is -0.0587 e. The van der Waals surface area contributed by atoms with Gasteiger partial charge >= 0.3 is 0 Å². The Labute approximate surface area is 243 Å². The zero-order valence-electron chi connectivity index (χ0n) is 25.7. The van der Waals surface area contributed by atoms with Crippen molar-refractivity contribution >= 4 is 23.3 Å². The summed E-state index contributed by atoms with van der Waals surface area (Å²) in [6.45, 7) is 18.0. The topological polar surface area (TPSA) is 0 Å². The molecule has 4 aromatic carbocycles. The van der Waals surface area contributed by atoms with Gasteiger partial charge < -0.3 is 0 Å². The number of hydrogen-bond donors (Lipinski definition) is 0. The van der Waals surface area contributed by atoms with E-state index in [0.29, 0.717) is 23.7 Å². The zero-order valence-corrected chi connectivity index (χ0v) is 25.7. The van der Waals surface area contributed by atoms with Gasteiger partial charge in [-0.1, -0.05) is 152 Å². The Bertz CT molecular complexity index is 1310. The molecule has 206 valence electrons. The Hall–Kier alpha value is -3.64. The molecule has 0 N–H and O–H groups in total. The Morgan fingerprint density at radius 3 is 0.800 bits per heavy atom. The lowest BCUT2D eigenvalue weighted by Crippen LogP contribution is -1.95. The van der Waals surface area contributed by atoms with Crippen molar-refractivity contribution < 1.29 is 0 Å². The molecule has 0 saturated carbocycles. The second-order valence-electron chi connectivity index (χ2n) is 12.3. The molecule has 0 atom stereocenters. The van der Waals surface area contributed by atoms with Crippen molar-refractivity contribution in [2.75, 3.05) is 0 Å². The molecule has 0 aliphatic rings. The summed E-state index contributed by atoms with van der Waals surface area (Å²) in [7, 11) is 0. The molecule has 4 aromatic rings. The first kappa shape index (κ1) is 29.3. The summed E-state index contributed by atoms with van der Waals surface area (Å²) < 4.78 is 0. The van der Waals surface area contributed by atoms with Gasteiger partial charge in [0, 0.05) is 0 Å². The van der Waals surface area contributed by atoms with Crippen molar-refractivity contribution in [2.24, 2.45) is 0 Å². The van der Waals surface area contributed by atoms with E-state index in [1.807, 2.05) is 0 Å². The van der Waals surface area contributed by atoms with Gasteiger partial charge in [0.25, 0.3) is 0 Å². The Morgan fingerprint density at radius 2 is 0.575 bits per heavy atom. The highest BCUT2D eigenvalue weighted by Crippen LogP contribution is 2.36. The SMILES string of the molecule is CC(C)c1ccc(/C=C(/C(=C/c2ccc(C(C)C)cc2)c2ccc(C(C)C)cc2)c2ccc(C(C)C)cc2)cc1. The molecule has 0 heterocycles. The Morgan fingerprint density at radius 1 is 0.350 bits per heavy atom. The third-order valence-corrected chi connectivity index (χ3v) is 7.90. The van der Waals surface area contributed by atoms with Crippen LogP contribution in [0.4, 0.5) is 0 Å². The van der Waals surface area contributed by atoms with Crippen LogP contribution < -0.4 is 0 Å². The summed E-state index contributed by atoms with van der Waals surface area (Å²) in [6, 6.07) is 36.4. The normalized spacial score (nSPS) is 12.7. The zero-order chi connectivity index (χ0) is 28.8. The van der Waals surface area contributed by atoms with Crippen molar-refractivity contribution in [3.8, 4) is 0 Å². The molecule has 0 spiro atoms. The molecule has 0 bridgehead atoms. The molecule has 0 amide bonds. The van der Waals surface area contributed by atoms with Gasteiger partial charge in [0.1, 0.15) is 0 Å². The lowest BCUT2D eigenvalue weighted by atomic mass is 9.87. The quantitative estimate of drug-likeness (QED) is 0.150. The molecule has 0 heteroatoms. The van der Waals surface area contributed by atoms with Gasteiger partial charge in [0.2, 0.25) is 0 Å². The molecule has 0 fully saturated rings. The van der Waals surface area contributed by atoms with E-state index in [1.165, 1.54) is 55.7 Å². The fraction of sp³-hybridized carbons (Fsp3) is 0.300. The van der Waals surface area contributed by atoms with Crippen molar-refractivity contribution in [3.63, 3.8) is 0 Å². The third kappa shape index (κ3) is 7.30. The predicted octanol–water partition coefficient (Wildman–Crippen LogP) is 12.0.